The van der Waals surface area contributed by atoms with Gasteiger partial charge in [0.15, 0.2) is 0 Å². The predicted molar refractivity (Wildman–Crippen MR) is 107 cm³/mol. The van der Waals surface area contributed by atoms with E-state index in [1.165, 1.54) is 49.1 Å². The molecule has 27 heavy (non-hydrogen) atoms. The first-order valence-electron chi connectivity index (χ1n) is 9.61. The Kier molecular flexibility index (Phi) is 5.69. The predicted octanol–water partition coefficient (Wildman–Crippen LogP) is 4.96. The van der Waals surface area contributed by atoms with E-state index >= 15 is 0 Å². The van der Waals surface area contributed by atoms with Crippen molar-refractivity contribution in [3.05, 3.63) is 48.3 Å². The highest BCUT2D eigenvalue weighted by molar-refractivity contribution is 7.98. The zero-order valence-electron chi connectivity index (χ0n) is 15.3. The number of hydrogen-bond acceptors (Lipinski definition) is 5. The lowest BCUT2D eigenvalue weighted by Crippen LogP contribution is -2.12. The van der Waals surface area contributed by atoms with Gasteiger partial charge < -0.3 is 4.57 Å². The number of thioether (sulfide) groups is 1. The van der Waals surface area contributed by atoms with Crippen LogP contribution in [0.3, 0.4) is 0 Å². The summed E-state index contributed by atoms with van der Waals surface area (Å²) in [5.41, 5.74) is 2.13. The summed E-state index contributed by atoms with van der Waals surface area (Å²) in [4.78, 5) is 13.9. The third kappa shape index (κ3) is 4.30. The molecule has 3 aromatic rings. The van der Waals surface area contributed by atoms with Crippen LogP contribution >= 0.6 is 11.8 Å². The highest BCUT2D eigenvalue weighted by atomic mass is 32.2. The maximum Gasteiger partial charge on any atom is 0.234 e. The summed E-state index contributed by atoms with van der Waals surface area (Å²) in [6, 6.07) is 8.31. The number of fused-ring (bicyclic) bond motifs is 1. The van der Waals surface area contributed by atoms with Crippen LogP contribution in [0.2, 0.25) is 0 Å². The molecule has 6 heteroatoms. The van der Waals surface area contributed by atoms with Crippen molar-refractivity contribution >= 4 is 22.8 Å². The smallest absolute Gasteiger partial charge is 0.234 e. The number of nitriles is 1. The lowest BCUT2D eigenvalue weighted by atomic mass is 9.87. The van der Waals surface area contributed by atoms with Gasteiger partial charge in [-0.2, -0.15) is 5.26 Å². The number of aromatic nitrogens is 4. The van der Waals surface area contributed by atoms with Gasteiger partial charge in [0.1, 0.15) is 11.7 Å². The second-order valence-corrected chi connectivity index (χ2v) is 8.18. The van der Waals surface area contributed by atoms with Gasteiger partial charge >= 0.3 is 0 Å². The minimum absolute atomic E-state index is 0.243. The first-order chi connectivity index (χ1) is 13.3. The molecular weight excluding hydrogens is 354 g/mol. The minimum atomic E-state index is 0.243. The summed E-state index contributed by atoms with van der Waals surface area (Å²) >= 11 is 1.80. The molecule has 138 valence electrons. The number of rotatable bonds is 6. The normalized spacial score (nSPS) is 15.1. The molecule has 0 atom stereocenters. The van der Waals surface area contributed by atoms with Crippen LogP contribution in [0, 0.1) is 17.2 Å². The molecule has 0 saturated heterocycles. The van der Waals surface area contributed by atoms with E-state index in [1.807, 2.05) is 24.5 Å². The quantitative estimate of drug-likeness (QED) is 0.568. The summed E-state index contributed by atoms with van der Waals surface area (Å²) in [5.74, 6) is 1.93. The molecule has 3 aromatic heterocycles. The molecule has 1 saturated carbocycles. The van der Waals surface area contributed by atoms with Crippen LogP contribution in [-0.4, -0.2) is 19.5 Å². The molecule has 1 aliphatic carbocycles. The van der Waals surface area contributed by atoms with Crippen molar-refractivity contribution in [1.29, 1.82) is 5.26 Å². The van der Waals surface area contributed by atoms with E-state index in [9.17, 15) is 5.26 Å². The molecular formula is C21H23N5S. The fraction of sp³-hybridized carbons (Fsp3) is 0.429. The molecule has 0 aromatic carbocycles. The summed E-state index contributed by atoms with van der Waals surface area (Å²) in [7, 11) is 0. The first kappa shape index (κ1) is 18.0. The van der Waals surface area contributed by atoms with Crippen molar-refractivity contribution in [1.82, 2.24) is 19.5 Å². The van der Waals surface area contributed by atoms with Gasteiger partial charge in [-0.25, -0.2) is 9.97 Å². The first-order valence-corrected chi connectivity index (χ1v) is 10.6. The molecule has 0 spiro atoms. The lowest BCUT2D eigenvalue weighted by Gasteiger charge is -2.22. The van der Waals surface area contributed by atoms with Gasteiger partial charge in [0, 0.05) is 46.9 Å². The number of pyridine rings is 1. The van der Waals surface area contributed by atoms with E-state index in [2.05, 4.69) is 31.7 Å². The second kappa shape index (κ2) is 8.53. The van der Waals surface area contributed by atoms with Crippen LogP contribution in [0.1, 0.15) is 50.0 Å². The summed E-state index contributed by atoms with van der Waals surface area (Å²) in [6.07, 6.45) is 13.4. The average molecular weight is 378 g/mol. The highest BCUT2D eigenvalue weighted by Crippen LogP contribution is 2.30. The second-order valence-electron chi connectivity index (χ2n) is 7.14. The molecule has 1 aliphatic rings. The SMILES string of the molecule is N#Cc1ncc2cc(CSc3ccncc3)n(CCC3CCCCC3)c2n1. The maximum atomic E-state index is 9.19. The molecule has 1 fully saturated rings. The number of hydrogen-bond donors (Lipinski definition) is 0. The Balaban J connectivity index is 1.59. The molecule has 0 amide bonds. The van der Waals surface area contributed by atoms with Crippen LogP contribution in [0.15, 0.2) is 41.7 Å². The Bertz CT molecular complexity index is 938. The Morgan fingerprint density at radius 1 is 1.19 bits per heavy atom. The van der Waals surface area contributed by atoms with Gasteiger partial charge in [-0.05, 0) is 30.5 Å². The van der Waals surface area contributed by atoms with Crippen molar-refractivity contribution in [3.8, 4) is 6.07 Å². The number of aryl methyl sites for hydroxylation is 1. The van der Waals surface area contributed by atoms with Crippen LogP contribution in [0.25, 0.3) is 11.0 Å². The fourth-order valence-electron chi connectivity index (χ4n) is 3.90. The molecule has 3 heterocycles. The van der Waals surface area contributed by atoms with Crippen molar-refractivity contribution in [2.45, 2.75) is 55.7 Å². The van der Waals surface area contributed by atoms with E-state index in [1.54, 1.807) is 18.0 Å². The van der Waals surface area contributed by atoms with Gasteiger partial charge in [-0.3, -0.25) is 4.98 Å². The van der Waals surface area contributed by atoms with Gasteiger partial charge in [0.25, 0.3) is 0 Å². The summed E-state index contributed by atoms with van der Waals surface area (Å²) in [5, 5.41) is 10.2. The Labute approximate surface area is 163 Å². The van der Waals surface area contributed by atoms with Gasteiger partial charge in [0.05, 0.1) is 0 Å². The minimum Gasteiger partial charge on any atom is -0.329 e. The van der Waals surface area contributed by atoms with Crippen LogP contribution in [-0.2, 0) is 12.3 Å². The van der Waals surface area contributed by atoms with E-state index in [0.29, 0.717) is 0 Å². The highest BCUT2D eigenvalue weighted by Gasteiger charge is 2.16. The molecule has 0 unspecified atom stereocenters. The van der Waals surface area contributed by atoms with Crippen LogP contribution in [0.4, 0.5) is 0 Å². The zero-order chi connectivity index (χ0) is 18.5. The third-order valence-electron chi connectivity index (χ3n) is 5.34. The summed E-state index contributed by atoms with van der Waals surface area (Å²) in [6.45, 7) is 0.961. The lowest BCUT2D eigenvalue weighted by molar-refractivity contribution is 0.324. The third-order valence-corrected chi connectivity index (χ3v) is 6.39. The monoisotopic (exact) mass is 377 g/mol. The molecule has 0 aliphatic heterocycles. The molecule has 5 nitrogen and oxygen atoms in total. The molecule has 0 N–H and O–H groups in total. The van der Waals surface area contributed by atoms with Crippen molar-refractivity contribution in [2.24, 2.45) is 5.92 Å². The maximum absolute atomic E-state index is 9.19. The van der Waals surface area contributed by atoms with Crippen molar-refractivity contribution in [2.75, 3.05) is 0 Å². The largest absolute Gasteiger partial charge is 0.329 e. The standard InChI is InChI=1S/C21H23N5S/c22-13-20-24-14-17-12-18(15-27-19-6-9-23-10-7-19)26(21(17)25-20)11-8-16-4-2-1-3-5-16/h6-7,9-10,12,14,16H,1-5,8,11,15H2. The van der Waals surface area contributed by atoms with Gasteiger partial charge in [0.2, 0.25) is 5.82 Å². The van der Waals surface area contributed by atoms with Gasteiger partial charge in [-0.1, -0.05) is 32.1 Å². The van der Waals surface area contributed by atoms with E-state index < -0.39 is 0 Å². The Morgan fingerprint density at radius 2 is 2.00 bits per heavy atom. The molecule has 0 bridgehead atoms. The van der Waals surface area contributed by atoms with Crippen LogP contribution < -0.4 is 0 Å². The zero-order valence-corrected chi connectivity index (χ0v) is 16.2. The Hall–Kier alpha value is -2.39. The molecule has 0 radical (unpaired) electrons. The topological polar surface area (TPSA) is 67.4 Å². The molecule has 4 rings (SSSR count). The number of nitrogens with zero attached hydrogens (tertiary/aromatic N) is 5. The Morgan fingerprint density at radius 3 is 2.78 bits per heavy atom. The van der Waals surface area contributed by atoms with Gasteiger partial charge in [-0.15, -0.1) is 11.8 Å². The summed E-state index contributed by atoms with van der Waals surface area (Å²) < 4.78 is 2.31. The average Bonchev–Trinajstić information content (AvgIpc) is 3.08. The van der Waals surface area contributed by atoms with E-state index in [4.69, 9.17) is 0 Å². The fourth-order valence-corrected chi connectivity index (χ4v) is 4.76. The van der Waals surface area contributed by atoms with Crippen molar-refractivity contribution in [3.63, 3.8) is 0 Å². The van der Waals surface area contributed by atoms with Crippen molar-refractivity contribution < 1.29 is 0 Å². The van der Waals surface area contributed by atoms with E-state index in [0.717, 1.165) is 29.2 Å². The van der Waals surface area contributed by atoms with E-state index in [-0.39, 0.29) is 5.82 Å². The van der Waals surface area contributed by atoms with Crippen LogP contribution in [0.5, 0.6) is 0 Å².